The number of para-hydroxylation sites is 1. The first-order chi connectivity index (χ1) is 11.5. The molecule has 4 nitrogen and oxygen atoms in total. The van der Waals surface area contributed by atoms with Gasteiger partial charge in [-0.2, -0.15) is 0 Å². The van der Waals surface area contributed by atoms with Gasteiger partial charge in [0.2, 0.25) is 5.78 Å². The number of aromatic nitrogens is 1. The van der Waals surface area contributed by atoms with Crippen molar-refractivity contribution in [3.8, 4) is 0 Å². The van der Waals surface area contributed by atoms with Crippen LogP contribution in [0.2, 0.25) is 0 Å². The number of carbonyl (C=O) groups excluding carboxylic acids is 2. The predicted octanol–water partition coefficient (Wildman–Crippen LogP) is 4.13. The van der Waals surface area contributed by atoms with Crippen molar-refractivity contribution >= 4 is 22.7 Å². The molecule has 3 rings (SSSR count). The van der Waals surface area contributed by atoms with Gasteiger partial charge in [0.1, 0.15) is 0 Å². The lowest BCUT2D eigenvalue weighted by molar-refractivity contribution is 0.0474. The Morgan fingerprint density at radius 1 is 1.04 bits per heavy atom. The fraction of sp³-hybridized carbons (Fsp3) is 0.200. The smallest absolute Gasteiger partial charge is 0.338 e. The fourth-order valence-corrected chi connectivity index (χ4v) is 2.96. The van der Waals surface area contributed by atoms with E-state index in [1.807, 2.05) is 57.2 Å². The van der Waals surface area contributed by atoms with Crippen LogP contribution >= 0.6 is 0 Å². The molecule has 0 amide bonds. The summed E-state index contributed by atoms with van der Waals surface area (Å²) in [7, 11) is 0. The number of benzene rings is 2. The highest BCUT2D eigenvalue weighted by Crippen LogP contribution is 2.22. The molecule has 1 N–H and O–H groups in total. The number of ketones is 1. The summed E-state index contributed by atoms with van der Waals surface area (Å²) in [5.74, 6) is -0.679. The van der Waals surface area contributed by atoms with Gasteiger partial charge in [0.25, 0.3) is 0 Å². The van der Waals surface area contributed by atoms with Crippen molar-refractivity contribution in [2.45, 2.75) is 20.8 Å². The van der Waals surface area contributed by atoms with Gasteiger partial charge in [-0.15, -0.1) is 0 Å². The van der Waals surface area contributed by atoms with Gasteiger partial charge in [-0.3, -0.25) is 4.79 Å². The van der Waals surface area contributed by atoms with Crippen LogP contribution in [0, 0.1) is 20.8 Å². The van der Waals surface area contributed by atoms with E-state index in [0.717, 1.165) is 27.7 Å². The van der Waals surface area contributed by atoms with E-state index in [-0.39, 0.29) is 12.4 Å². The highest BCUT2D eigenvalue weighted by atomic mass is 16.5. The molecule has 0 unspecified atom stereocenters. The number of H-pyrrole nitrogens is 1. The van der Waals surface area contributed by atoms with Crippen molar-refractivity contribution in [3.63, 3.8) is 0 Å². The zero-order chi connectivity index (χ0) is 17.3. The predicted molar refractivity (Wildman–Crippen MR) is 93.6 cm³/mol. The Morgan fingerprint density at radius 3 is 2.54 bits per heavy atom. The Morgan fingerprint density at radius 2 is 1.79 bits per heavy atom. The number of ether oxygens (including phenoxy) is 1. The second kappa shape index (κ2) is 6.32. The molecule has 0 aliphatic carbocycles. The summed E-state index contributed by atoms with van der Waals surface area (Å²) in [5, 5.41) is 0.850. The first-order valence-electron chi connectivity index (χ1n) is 7.82. The second-order valence-electron chi connectivity index (χ2n) is 5.99. The van der Waals surface area contributed by atoms with Crippen molar-refractivity contribution in [3.05, 3.63) is 70.4 Å². The van der Waals surface area contributed by atoms with E-state index in [2.05, 4.69) is 4.98 Å². The van der Waals surface area contributed by atoms with E-state index < -0.39 is 5.97 Å². The van der Waals surface area contributed by atoms with Crippen LogP contribution in [-0.2, 0) is 4.74 Å². The molecule has 122 valence electrons. The van der Waals surface area contributed by atoms with E-state index >= 15 is 0 Å². The third-order valence-corrected chi connectivity index (χ3v) is 4.11. The zero-order valence-corrected chi connectivity index (χ0v) is 14.0. The molecule has 0 aliphatic rings. The number of fused-ring (bicyclic) bond motifs is 1. The Labute approximate surface area is 140 Å². The van der Waals surface area contributed by atoms with Crippen molar-refractivity contribution in [1.29, 1.82) is 0 Å². The molecule has 0 saturated heterocycles. The molecule has 0 bridgehead atoms. The van der Waals surface area contributed by atoms with Gasteiger partial charge in [-0.1, -0.05) is 35.9 Å². The molecule has 3 aromatic rings. The molecule has 2 aromatic carbocycles. The van der Waals surface area contributed by atoms with Gasteiger partial charge in [-0.05, 0) is 38.5 Å². The number of esters is 1. The number of aryl methyl sites for hydroxylation is 3. The summed E-state index contributed by atoms with van der Waals surface area (Å²) < 4.78 is 5.24. The van der Waals surface area contributed by atoms with Crippen molar-refractivity contribution in [1.82, 2.24) is 4.98 Å². The highest BCUT2D eigenvalue weighted by molar-refractivity contribution is 6.10. The number of Topliss-reactive ketones (excluding diaryl/α,β-unsaturated/α-hetero) is 1. The molecular formula is C20H19NO3. The molecule has 0 atom stereocenters. The Hall–Kier alpha value is -2.88. The van der Waals surface area contributed by atoms with Crippen LogP contribution in [0.4, 0.5) is 0 Å². The van der Waals surface area contributed by atoms with E-state index in [1.54, 1.807) is 6.07 Å². The zero-order valence-electron chi connectivity index (χ0n) is 14.0. The number of hydrogen-bond donors (Lipinski definition) is 1. The van der Waals surface area contributed by atoms with Gasteiger partial charge in [0.05, 0.1) is 5.56 Å². The molecule has 0 aliphatic heterocycles. The van der Waals surface area contributed by atoms with Crippen LogP contribution in [-0.4, -0.2) is 23.3 Å². The number of nitrogens with one attached hydrogen (secondary N) is 1. The van der Waals surface area contributed by atoms with Crippen LogP contribution in [0.5, 0.6) is 0 Å². The summed E-state index contributed by atoms with van der Waals surface area (Å²) >= 11 is 0. The third-order valence-electron chi connectivity index (χ3n) is 4.11. The molecular weight excluding hydrogens is 302 g/mol. The lowest BCUT2D eigenvalue weighted by Gasteiger charge is -2.07. The lowest BCUT2D eigenvalue weighted by atomic mass is 10.1. The highest BCUT2D eigenvalue weighted by Gasteiger charge is 2.18. The molecule has 0 radical (unpaired) electrons. The van der Waals surface area contributed by atoms with E-state index in [9.17, 15) is 9.59 Å². The standard InChI is InChI=1S/C20H19NO3/c1-12-8-9-15(13(2)10-12)20(23)24-11-18(22)19-14(3)21-17-7-5-4-6-16(17)19/h4-10,21H,11H2,1-3H3. The minimum atomic E-state index is -0.474. The van der Waals surface area contributed by atoms with E-state index in [0.29, 0.717) is 11.1 Å². The summed E-state index contributed by atoms with van der Waals surface area (Å²) in [5.41, 5.74) is 4.68. The third kappa shape index (κ3) is 2.95. The van der Waals surface area contributed by atoms with Gasteiger partial charge in [-0.25, -0.2) is 4.79 Å². The number of rotatable bonds is 4. The number of hydrogen-bond acceptors (Lipinski definition) is 3. The summed E-state index contributed by atoms with van der Waals surface area (Å²) in [4.78, 5) is 27.9. The molecule has 1 aromatic heterocycles. The van der Waals surface area contributed by atoms with E-state index in [1.165, 1.54) is 0 Å². The molecule has 0 fully saturated rings. The van der Waals surface area contributed by atoms with Crippen LogP contribution in [0.25, 0.3) is 10.9 Å². The summed E-state index contributed by atoms with van der Waals surface area (Å²) in [6.45, 7) is 5.40. The molecule has 0 spiro atoms. The van der Waals surface area contributed by atoms with E-state index in [4.69, 9.17) is 4.74 Å². The van der Waals surface area contributed by atoms with Crippen molar-refractivity contribution in [2.24, 2.45) is 0 Å². The quantitative estimate of drug-likeness (QED) is 0.580. The second-order valence-corrected chi connectivity index (χ2v) is 5.99. The van der Waals surface area contributed by atoms with Crippen LogP contribution in [0.3, 0.4) is 0 Å². The monoisotopic (exact) mass is 321 g/mol. The largest absolute Gasteiger partial charge is 0.454 e. The normalized spacial score (nSPS) is 10.8. The molecule has 1 heterocycles. The van der Waals surface area contributed by atoms with Gasteiger partial charge in [0, 0.05) is 22.2 Å². The molecule has 24 heavy (non-hydrogen) atoms. The topological polar surface area (TPSA) is 59.2 Å². The van der Waals surface area contributed by atoms with Crippen LogP contribution in [0.15, 0.2) is 42.5 Å². The molecule has 4 heteroatoms. The Bertz CT molecular complexity index is 937. The first-order valence-corrected chi connectivity index (χ1v) is 7.82. The van der Waals surface area contributed by atoms with Crippen molar-refractivity contribution < 1.29 is 14.3 Å². The SMILES string of the molecule is Cc1ccc(C(=O)OCC(=O)c2c(C)[nH]c3ccccc23)c(C)c1. The number of aromatic amines is 1. The minimum Gasteiger partial charge on any atom is -0.454 e. The van der Waals surface area contributed by atoms with Crippen molar-refractivity contribution in [2.75, 3.05) is 6.61 Å². The maximum Gasteiger partial charge on any atom is 0.338 e. The summed E-state index contributed by atoms with van der Waals surface area (Å²) in [6.07, 6.45) is 0. The fourth-order valence-electron chi connectivity index (χ4n) is 2.96. The Kier molecular flexibility index (Phi) is 4.21. The van der Waals surface area contributed by atoms with Crippen LogP contribution in [0.1, 0.15) is 37.5 Å². The minimum absolute atomic E-state index is 0.205. The maximum atomic E-state index is 12.5. The maximum absolute atomic E-state index is 12.5. The average Bonchev–Trinajstić information content (AvgIpc) is 2.88. The summed E-state index contributed by atoms with van der Waals surface area (Å²) in [6, 6.07) is 13.1. The van der Waals surface area contributed by atoms with Gasteiger partial charge in [0.15, 0.2) is 6.61 Å². The lowest BCUT2D eigenvalue weighted by Crippen LogP contribution is -2.15. The van der Waals surface area contributed by atoms with Crippen LogP contribution < -0.4 is 0 Å². The van der Waals surface area contributed by atoms with Gasteiger partial charge >= 0.3 is 5.97 Å². The molecule has 0 saturated carbocycles. The first kappa shape index (κ1) is 16.0. The Balaban J connectivity index is 1.77. The number of carbonyl (C=O) groups is 2. The average molecular weight is 321 g/mol. The van der Waals surface area contributed by atoms with Gasteiger partial charge < -0.3 is 9.72 Å².